The molecule has 0 amide bonds. The summed E-state index contributed by atoms with van der Waals surface area (Å²) >= 11 is 0. The molecule has 150 valence electrons. The van der Waals surface area contributed by atoms with E-state index >= 15 is 0 Å². The Morgan fingerprint density at radius 2 is 1.66 bits per heavy atom. The maximum Gasteiger partial charge on any atom is 0.162 e. The first kappa shape index (κ1) is 19.1. The fraction of sp³-hybridized carbons (Fsp3) is 0.190. The molecule has 5 nitrogen and oxygen atoms in total. The molecule has 0 saturated carbocycles. The van der Waals surface area contributed by atoms with E-state index in [-0.39, 0.29) is 11.6 Å². The van der Waals surface area contributed by atoms with Gasteiger partial charge in [0.2, 0.25) is 0 Å². The molecule has 4 rings (SSSR count). The van der Waals surface area contributed by atoms with Crippen LogP contribution in [-0.2, 0) is 4.74 Å². The average molecular weight is 401 g/mol. The molecule has 0 aliphatic carbocycles. The van der Waals surface area contributed by atoms with Crippen molar-refractivity contribution in [2.24, 2.45) is 0 Å². The lowest BCUT2D eigenvalue weighted by Crippen LogP contribution is -2.36. The highest BCUT2D eigenvalue weighted by Gasteiger charge is 2.15. The minimum Gasteiger partial charge on any atom is -0.456 e. The quantitative estimate of drug-likeness (QED) is 0.661. The third-order valence-electron chi connectivity index (χ3n) is 4.43. The zero-order valence-corrected chi connectivity index (χ0v) is 15.4. The first-order valence-corrected chi connectivity index (χ1v) is 9.07. The molecule has 1 N–H and O–H groups in total. The lowest BCUT2D eigenvalue weighted by atomic mass is 10.2. The Hall–Kier alpha value is -3.26. The predicted octanol–water partition coefficient (Wildman–Crippen LogP) is 4.87. The molecule has 0 spiro atoms. The third kappa shape index (κ3) is 4.60. The van der Waals surface area contributed by atoms with E-state index in [1.807, 2.05) is 4.90 Å². The number of hydrogen-bond acceptors (Lipinski definition) is 5. The van der Waals surface area contributed by atoms with Crippen LogP contribution in [0.2, 0.25) is 0 Å². The van der Waals surface area contributed by atoms with Gasteiger partial charge in [0.15, 0.2) is 11.6 Å². The summed E-state index contributed by atoms with van der Waals surface area (Å²) in [6, 6.07) is 11.5. The molecule has 2 aromatic carbocycles. The van der Waals surface area contributed by atoms with Crippen molar-refractivity contribution in [1.29, 1.82) is 0 Å². The minimum atomic E-state index is -0.990. The molecule has 29 heavy (non-hydrogen) atoms. The Balaban J connectivity index is 1.41. The van der Waals surface area contributed by atoms with E-state index in [1.54, 1.807) is 24.3 Å². The van der Waals surface area contributed by atoms with Crippen LogP contribution >= 0.6 is 0 Å². The van der Waals surface area contributed by atoms with E-state index in [0.29, 0.717) is 49.2 Å². The fourth-order valence-electron chi connectivity index (χ4n) is 2.98. The first-order valence-electron chi connectivity index (χ1n) is 9.07. The molecule has 0 unspecified atom stereocenters. The number of ether oxygens (including phenoxy) is 2. The van der Waals surface area contributed by atoms with Gasteiger partial charge in [-0.1, -0.05) is 0 Å². The Kier molecular flexibility index (Phi) is 5.53. The monoisotopic (exact) mass is 401 g/mol. The topological polar surface area (TPSA) is 46.6 Å². The Labute approximate surface area is 165 Å². The van der Waals surface area contributed by atoms with Crippen LogP contribution in [-0.4, -0.2) is 31.3 Å². The van der Waals surface area contributed by atoms with Gasteiger partial charge in [0.05, 0.1) is 25.1 Å². The molecule has 3 aromatic rings. The van der Waals surface area contributed by atoms with Gasteiger partial charge in [-0.3, -0.25) is 0 Å². The summed E-state index contributed by atoms with van der Waals surface area (Å²) in [6.07, 6.45) is 1.43. The number of halogens is 3. The number of benzene rings is 2. The summed E-state index contributed by atoms with van der Waals surface area (Å²) in [6.45, 7) is 2.49. The maximum atomic E-state index is 14.5. The van der Waals surface area contributed by atoms with Crippen molar-refractivity contribution in [3.63, 3.8) is 0 Å². The van der Waals surface area contributed by atoms with Crippen molar-refractivity contribution in [1.82, 2.24) is 4.98 Å². The van der Waals surface area contributed by atoms with Crippen LogP contribution in [0, 0.1) is 17.5 Å². The second-order valence-corrected chi connectivity index (χ2v) is 6.45. The average Bonchev–Trinajstić information content (AvgIpc) is 2.73. The van der Waals surface area contributed by atoms with Gasteiger partial charge in [0.1, 0.15) is 23.1 Å². The highest BCUT2D eigenvalue weighted by molar-refractivity contribution is 5.62. The molecule has 0 radical (unpaired) electrons. The zero-order chi connectivity index (χ0) is 20.2. The van der Waals surface area contributed by atoms with E-state index < -0.39 is 11.6 Å². The van der Waals surface area contributed by atoms with Gasteiger partial charge in [-0.25, -0.2) is 18.2 Å². The summed E-state index contributed by atoms with van der Waals surface area (Å²) in [5, 5.41) is 3.02. The van der Waals surface area contributed by atoms with Crippen molar-refractivity contribution in [3.8, 4) is 11.5 Å². The highest BCUT2D eigenvalue weighted by Crippen LogP contribution is 2.27. The van der Waals surface area contributed by atoms with Gasteiger partial charge in [0.25, 0.3) is 0 Å². The minimum absolute atomic E-state index is 0.159. The normalized spacial score (nSPS) is 14.0. The Bertz CT molecular complexity index is 993. The molecule has 0 atom stereocenters. The van der Waals surface area contributed by atoms with Gasteiger partial charge in [-0.2, -0.15) is 0 Å². The number of aromatic nitrogens is 1. The smallest absolute Gasteiger partial charge is 0.162 e. The van der Waals surface area contributed by atoms with Gasteiger partial charge in [-0.05, 0) is 42.5 Å². The van der Waals surface area contributed by atoms with E-state index in [1.165, 1.54) is 18.3 Å². The molecular weight excluding hydrogens is 383 g/mol. The SMILES string of the molecule is Fc1ccc(Oc2ccc(Nc3ccc(N4CCOCC4)c(F)c3)nc2)cc1F. The largest absolute Gasteiger partial charge is 0.456 e. The molecule has 1 aromatic heterocycles. The van der Waals surface area contributed by atoms with Crippen LogP contribution in [0.15, 0.2) is 54.7 Å². The Morgan fingerprint density at radius 3 is 2.34 bits per heavy atom. The van der Waals surface area contributed by atoms with Crippen molar-refractivity contribution in [2.75, 3.05) is 36.5 Å². The summed E-state index contributed by atoms with van der Waals surface area (Å²) in [5.41, 5.74) is 1.10. The molecular formula is C21H18F3N3O2. The molecule has 0 bridgehead atoms. The van der Waals surface area contributed by atoms with Crippen molar-refractivity contribution in [2.45, 2.75) is 0 Å². The standard InChI is InChI=1S/C21H18F3N3O2/c22-17-4-2-15(12-18(17)23)29-16-3-6-21(25-13-16)26-14-1-5-20(19(24)11-14)27-7-9-28-10-8-27/h1-6,11-13H,7-10H2,(H,25,26). The number of nitrogens with zero attached hydrogens (tertiary/aromatic N) is 2. The third-order valence-corrected chi connectivity index (χ3v) is 4.43. The van der Waals surface area contributed by atoms with Crippen molar-refractivity contribution in [3.05, 3.63) is 72.2 Å². The van der Waals surface area contributed by atoms with Gasteiger partial charge in [-0.15, -0.1) is 0 Å². The summed E-state index contributed by atoms with van der Waals surface area (Å²) in [7, 11) is 0. The number of hydrogen-bond donors (Lipinski definition) is 1. The second kappa shape index (κ2) is 8.40. The lowest BCUT2D eigenvalue weighted by molar-refractivity contribution is 0.122. The zero-order valence-electron chi connectivity index (χ0n) is 15.4. The molecule has 8 heteroatoms. The van der Waals surface area contributed by atoms with Gasteiger partial charge < -0.3 is 19.7 Å². The number of rotatable bonds is 5. The van der Waals surface area contributed by atoms with Crippen molar-refractivity contribution >= 4 is 17.2 Å². The van der Waals surface area contributed by atoms with Crippen LogP contribution in [0.5, 0.6) is 11.5 Å². The van der Waals surface area contributed by atoms with Gasteiger partial charge >= 0.3 is 0 Å². The van der Waals surface area contributed by atoms with Crippen LogP contribution in [0.4, 0.5) is 30.4 Å². The van der Waals surface area contributed by atoms with Crippen LogP contribution in [0.25, 0.3) is 0 Å². The second-order valence-electron chi connectivity index (χ2n) is 6.45. The lowest BCUT2D eigenvalue weighted by Gasteiger charge is -2.29. The predicted molar refractivity (Wildman–Crippen MR) is 103 cm³/mol. The van der Waals surface area contributed by atoms with E-state index in [0.717, 1.165) is 12.1 Å². The molecule has 1 aliphatic rings. The Morgan fingerprint density at radius 1 is 0.862 bits per heavy atom. The molecule has 2 heterocycles. The molecule has 1 saturated heterocycles. The maximum absolute atomic E-state index is 14.5. The number of anilines is 3. The molecule has 1 fully saturated rings. The number of morpholine rings is 1. The van der Waals surface area contributed by atoms with Crippen molar-refractivity contribution < 1.29 is 22.6 Å². The van der Waals surface area contributed by atoms with Crippen LogP contribution in [0.1, 0.15) is 0 Å². The van der Waals surface area contributed by atoms with E-state index in [9.17, 15) is 13.2 Å². The summed E-state index contributed by atoms with van der Waals surface area (Å²) in [5.74, 6) is -1.25. The van der Waals surface area contributed by atoms with Crippen LogP contribution in [0.3, 0.4) is 0 Å². The highest BCUT2D eigenvalue weighted by atomic mass is 19.2. The number of pyridine rings is 1. The van der Waals surface area contributed by atoms with Gasteiger partial charge in [0, 0.05) is 24.8 Å². The number of nitrogens with one attached hydrogen (secondary N) is 1. The fourth-order valence-corrected chi connectivity index (χ4v) is 2.98. The first-order chi connectivity index (χ1) is 14.1. The summed E-state index contributed by atoms with van der Waals surface area (Å²) in [4.78, 5) is 6.15. The summed E-state index contributed by atoms with van der Waals surface area (Å²) < 4.78 is 51.4. The molecule has 1 aliphatic heterocycles. The van der Waals surface area contributed by atoms with E-state index in [4.69, 9.17) is 9.47 Å². The van der Waals surface area contributed by atoms with E-state index in [2.05, 4.69) is 10.3 Å². The van der Waals surface area contributed by atoms with Crippen LogP contribution < -0.4 is 15.0 Å².